The van der Waals surface area contributed by atoms with E-state index in [1.165, 1.54) is 6.33 Å². The van der Waals surface area contributed by atoms with Gasteiger partial charge >= 0.3 is 6.09 Å². The van der Waals surface area contributed by atoms with Crippen molar-refractivity contribution in [2.45, 2.75) is 45.8 Å². The van der Waals surface area contributed by atoms with Crippen molar-refractivity contribution in [2.75, 3.05) is 13.1 Å². The van der Waals surface area contributed by atoms with E-state index in [-0.39, 0.29) is 23.4 Å². The summed E-state index contributed by atoms with van der Waals surface area (Å²) in [6.45, 7) is 7.38. The summed E-state index contributed by atoms with van der Waals surface area (Å²) in [5.74, 6) is 0.212. The lowest BCUT2D eigenvalue weighted by molar-refractivity contribution is 0.0157. The Kier molecular flexibility index (Phi) is 4.90. The van der Waals surface area contributed by atoms with E-state index < -0.39 is 5.60 Å². The number of likely N-dealkylation sites (tertiary alicyclic amines) is 1. The molecule has 1 aliphatic heterocycles. The van der Waals surface area contributed by atoms with Gasteiger partial charge in [-0.2, -0.15) is 10.5 Å². The second kappa shape index (κ2) is 6.70. The van der Waals surface area contributed by atoms with Crippen LogP contribution in [0.1, 0.15) is 45.0 Å². The zero-order valence-corrected chi connectivity index (χ0v) is 13.7. The molecule has 0 radical (unpaired) electrons. The first-order valence-electron chi connectivity index (χ1n) is 7.67. The van der Waals surface area contributed by atoms with Gasteiger partial charge in [-0.05, 0) is 39.5 Å². The number of imidazole rings is 1. The maximum absolute atomic E-state index is 12.2. The molecule has 0 aliphatic carbocycles. The van der Waals surface area contributed by atoms with Crippen molar-refractivity contribution in [3.05, 3.63) is 17.7 Å². The molecule has 0 saturated carbocycles. The predicted octanol–water partition coefficient (Wildman–Crippen LogP) is 2.27. The minimum atomic E-state index is -0.510. The molecule has 0 aromatic carbocycles. The molecule has 1 aliphatic rings. The summed E-state index contributed by atoms with van der Waals surface area (Å²) in [6, 6.07) is 3.94. The molecule has 0 unspecified atom stereocenters. The number of hydrogen-bond acceptors (Lipinski definition) is 5. The Labute approximate surface area is 136 Å². The van der Waals surface area contributed by atoms with Crippen molar-refractivity contribution < 1.29 is 9.53 Å². The molecule has 7 nitrogen and oxygen atoms in total. The molecule has 0 N–H and O–H groups in total. The Morgan fingerprint density at radius 3 is 2.78 bits per heavy atom. The van der Waals surface area contributed by atoms with Gasteiger partial charge in [0.15, 0.2) is 11.4 Å². The Morgan fingerprint density at radius 2 is 2.17 bits per heavy atom. The fraction of sp³-hybridized carbons (Fsp3) is 0.625. The van der Waals surface area contributed by atoms with E-state index in [0.29, 0.717) is 19.6 Å². The van der Waals surface area contributed by atoms with E-state index in [1.54, 1.807) is 9.47 Å². The van der Waals surface area contributed by atoms with Crippen molar-refractivity contribution >= 4 is 6.09 Å². The Balaban J connectivity index is 2.03. The van der Waals surface area contributed by atoms with Gasteiger partial charge in [0.25, 0.3) is 0 Å². The average molecular weight is 315 g/mol. The third-order valence-corrected chi connectivity index (χ3v) is 3.68. The third kappa shape index (κ3) is 4.23. The fourth-order valence-electron chi connectivity index (χ4n) is 2.70. The summed E-state index contributed by atoms with van der Waals surface area (Å²) >= 11 is 0. The second-order valence-corrected chi connectivity index (χ2v) is 6.75. The Morgan fingerprint density at radius 1 is 1.43 bits per heavy atom. The van der Waals surface area contributed by atoms with Crippen molar-refractivity contribution in [1.29, 1.82) is 10.5 Å². The number of nitriles is 2. The highest BCUT2D eigenvalue weighted by Crippen LogP contribution is 2.21. The summed E-state index contributed by atoms with van der Waals surface area (Å²) in [5.41, 5.74) is -0.0847. The summed E-state index contributed by atoms with van der Waals surface area (Å²) in [6.07, 6.45) is 3.07. The summed E-state index contributed by atoms with van der Waals surface area (Å²) in [4.78, 5) is 17.8. The number of rotatable bonds is 2. The predicted molar refractivity (Wildman–Crippen MR) is 82.2 cm³/mol. The van der Waals surface area contributed by atoms with Gasteiger partial charge in [0.05, 0.1) is 6.33 Å². The van der Waals surface area contributed by atoms with E-state index in [1.807, 2.05) is 32.9 Å². The molecule has 0 bridgehead atoms. The van der Waals surface area contributed by atoms with Gasteiger partial charge in [-0.15, -0.1) is 0 Å². The van der Waals surface area contributed by atoms with Crippen LogP contribution < -0.4 is 0 Å². The Hall–Kier alpha value is -2.54. The van der Waals surface area contributed by atoms with Crippen LogP contribution in [0, 0.1) is 28.6 Å². The summed E-state index contributed by atoms with van der Waals surface area (Å²) < 4.78 is 7.11. The number of carbonyl (C=O) groups excluding carboxylic acids is 1. The molecule has 23 heavy (non-hydrogen) atoms. The molecule has 2 heterocycles. The molecule has 122 valence electrons. The van der Waals surface area contributed by atoms with Crippen LogP contribution in [0.25, 0.3) is 0 Å². The molecule has 1 aromatic rings. The standard InChI is InChI=1S/C16H21N5O2/c1-16(2,3)23-15(22)20-6-4-5-12(9-20)10-21-11-19-13(7-17)14(21)8-18/h11-12H,4-6,9-10H2,1-3H3/t12-/m0/s1. The molecular weight excluding hydrogens is 294 g/mol. The molecular formula is C16H21N5O2. The molecule has 1 amide bonds. The van der Waals surface area contributed by atoms with Gasteiger partial charge in [0.2, 0.25) is 0 Å². The molecule has 7 heteroatoms. The minimum Gasteiger partial charge on any atom is -0.444 e. The maximum atomic E-state index is 12.2. The highest BCUT2D eigenvalue weighted by Gasteiger charge is 2.28. The van der Waals surface area contributed by atoms with E-state index in [4.69, 9.17) is 10.00 Å². The number of nitrogens with zero attached hydrogens (tertiary/aromatic N) is 5. The van der Waals surface area contributed by atoms with Gasteiger partial charge in [0, 0.05) is 19.6 Å². The lowest BCUT2D eigenvalue weighted by atomic mass is 9.98. The van der Waals surface area contributed by atoms with Gasteiger partial charge in [-0.3, -0.25) is 0 Å². The van der Waals surface area contributed by atoms with E-state index in [9.17, 15) is 10.1 Å². The molecule has 1 atom stereocenters. The lowest BCUT2D eigenvalue weighted by Crippen LogP contribution is -2.43. The highest BCUT2D eigenvalue weighted by molar-refractivity contribution is 5.68. The van der Waals surface area contributed by atoms with Crippen LogP contribution in [-0.2, 0) is 11.3 Å². The first kappa shape index (κ1) is 16.8. The van der Waals surface area contributed by atoms with Crippen LogP contribution in [0.3, 0.4) is 0 Å². The number of piperidine rings is 1. The maximum Gasteiger partial charge on any atom is 0.410 e. The van der Waals surface area contributed by atoms with E-state index in [2.05, 4.69) is 4.98 Å². The molecule has 2 rings (SSSR count). The lowest BCUT2D eigenvalue weighted by Gasteiger charge is -2.34. The number of hydrogen-bond donors (Lipinski definition) is 0. The normalized spacial score (nSPS) is 18.1. The van der Waals surface area contributed by atoms with Crippen LogP contribution >= 0.6 is 0 Å². The highest BCUT2D eigenvalue weighted by atomic mass is 16.6. The second-order valence-electron chi connectivity index (χ2n) is 6.75. The molecule has 1 fully saturated rings. The molecule has 0 spiro atoms. The number of amides is 1. The van der Waals surface area contributed by atoms with Crippen LogP contribution in [0.2, 0.25) is 0 Å². The fourth-order valence-corrected chi connectivity index (χ4v) is 2.70. The quantitative estimate of drug-likeness (QED) is 0.834. The van der Waals surface area contributed by atoms with Crippen molar-refractivity contribution in [3.8, 4) is 12.1 Å². The van der Waals surface area contributed by atoms with Gasteiger partial charge in [-0.25, -0.2) is 9.78 Å². The van der Waals surface area contributed by atoms with Crippen LogP contribution in [0.4, 0.5) is 4.79 Å². The first-order valence-corrected chi connectivity index (χ1v) is 7.67. The number of ether oxygens (including phenoxy) is 1. The molecule has 1 aromatic heterocycles. The number of carbonyl (C=O) groups is 1. The topological polar surface area (TPSA) is 94.9 Å². The van der Waals surface area contributed by atoms with Gasteiger partial charge in [-0.1, -0.05) is 0 Å². The zero-order chi connectivity index (χ0) is 17.0. The van der Waals surface area contributed by atoms with Crippen LogP contribution in [-0.4, -0.2) is 39.2 Å². The Bertz CT molecular complexity index is 659. The average Bonchev–Trinajstić information content (AvgIpc) is 2.87. The van der Waals surface area contributed by atoms with E-state index in [0.717, 1.165) is 12.8 Å². The monoisotopic (exact) mass is 315 g/mol. The minimum absolute atomic E-state index is 0.146. The largest absolute Gasteiger partial charge is 0.444 e. The first-order chi connectivity index (χ1) is 10.8. The summed E-state index contributed by atoms with van der Waals surface area (Å²) in [7, 11) is 0. The van der Waals surface area contributed by atoms with Crippen molar-refractivity contribution in [2.24, 2.45) is 5.92 Å². The van der Waals surface area contributed by atoms with Crippen molar-refractivity contribution in [3.63, 3.8) is 0 Å². The van der Waals surface area contributed by atoms with Crippen LogP contribution in [0.5, 0.6) is 0 Å². The smallest absolute Gasteiger partial charge is 0.410 e. The summed E-state index contributed by atoms with van der Waals surface area (Å²) in [5, 5.41) is 18.1. The number of aromatic nitrogens is 2. The van der Waals surface area contributed by atoms with Gasteiger partial charge in [0.1, 0.15) is 17.7 Å². The SMILES string of the molecule is CC(C)(C)OC(=O)N1CCC[C@H](Cn2cnc(C#N)c2C#N)C1. The zero-order valence-electron chi connectivity index (χ0n) is 13.7. The molecule has 1 saturated heterocycles. The van der Waals surface area contributed by atoms with Crippen LogP contribution in [0.15, 0.2) is 6.33 Å². The van der Waals surface area contributed by atoms with Crippen molar-refractivity contribution in [1.82, 2.24) is 14.5 Å². The van der Waals surface area contributed by atoms with Gasteiger partial charge < -0.3 is 14.2 Å². The third-order valence-electron chi connectivity index (χ3n) is 3.68. The van der Waals surface area contributed by atoms with E-state index >= 15 is 0 Å².